The molecule has 0 aliphatic heterocycles. The molecule has 86 valence electrons. The van der Waals surface area contributed by atoms with E-state index in [0.29, 0.717) is 6.42 Å². The summed E-state index contributed by atoms with van der Waals surface area (Å²) >= 11 is 0. The molecule has 0 aliphatic carbocycles. The summed E-state index contributed by atoms with van der Waals surface area (Å²) in [7, 11) is -4.60. The van der Waals surface area contributed by atoms with Gasteiger partial charge in [0.1, 0.15) is 10.1 Å². The summed E-state index contributed by atoms with van der Waals surface area (Å²) in [5.41, 5.74) is 0. The second kappa shape index (κ2) is 8.58. The van der Waals surface area contributed by atoms with Crippen LogP contribution in [0.25, 0.3) is 0 Å². The van der Waals surface area contributed by atoms with Crippen LogP contribution >= 0.6 is 0 Å². The summed E-state index contributed by atoms with van der Waals surface area (Å²) in [4.78, 5) is -2.05. The van der Waals surface area contributed by atoms with Crippen LogP contribution in [0.4, 0.5) is 0 Å². The Morgan fingerprint density at radius 3 is 2.07 bits per heavy atom. The molecule has 0 heterocycles. The third-order valence-corrected chi connectivity index (χ3v) is 3.86. The van der Waals surface area contributed by atoms with E-state index in [-0.39, 0.29) is 64.2 Å². The number of rotatable bonds is 7. The van der Waals surface area contributed by atoms with Crippen LogP contribution in [0, 0.1) is 0 Å². The van der Waals surface area contributed by atoms with Gasteiger partial charge in [0.25, 0.3) is 0 Å². The van der Waals surface area contributed by atoms with Gasteiger partial charge in [-0.1, -0.05) is 33.1 Å². The van der Waals surface area contributed by atoms with Crippen molar-refractivity contribution in [3.8, 4) is 0 Å². The predicted molar refractivity (Wildman–Crippen MR) is 53.7 cm³/mol. The normalized spacial score (nSPS) is 15.5. The third-order valence-electron chi connectivity index (χ3n) is 2.44. The molecule has 1 N–H and O–H groups in total. The van der Waals surface area contributed by atoms with E-state index in [1.54, 1.807) is 0 Å². The van der Waals surface area contributed by atoms with Crippen molar-refractivity contribution in [1.29, 1.82) is 0 Å². The van der Waals surface area contributed by atoms with Gasteiger partial charge in [-0.15, -0.1) is 0 Å². The van der Waals surface area contributed by atoms with Gasteiger partial charge < -0.3 is 9.66 Å². The van der Waals surface area contributed by atoms with E-state index in [4.69, 9.17) is 0 Å². The summed E-state index contributed by atoms with van der Waals surface area (Å²) in [6.45, 7) is 3.55. The minimum atomic E-state index is -4.60. The summed E-state index contributed by atoms with van der Waals surface area (Å²) in [5.74, 6) is 0. The molecule has 0 aliphatic rings. The van der Waals surface area contributed by atoms with E-state index in [2.05, 4.69) is 0 Å². The second-order valence-corrected chi connectivity index (χ2v) is 5.23. The maximum absolute atomic E-state index is 10.7. The van der Waals surface area contributed by atoms with Crippen molar-refractivity contribution in [3.63, 3.8) is 0 Å². The smallest absolute Gasteiger partial charge is 0.746 e. The molecule has 1 atom stereocenters. The van der Waals surface area contributed by atoms with E-state index in [0.717, 1.165) is 19.3 Å². The second-order valence-electron chi connectivity index (χ2n) is 3.56. The monoisotopic (exact) mass is 262 g/mol. The maximum Gasteiger partial charge on any atom is 1.00 e. The van der Waals surface area contributed by atoms with Crippen molar-refractivity contribution >= 4 is 10.1 Å². The Labute approximate surface area is 135 Å². The molecule has 0 spiro atoms. The number of hydrogen-bond donors (Lipinski definition) is 1. The zero-order valence-corrected chi connectivity index (χ0v) is 13.8. The molecule has 1 unspecified atom stereocenters. The Kier molecular flexibility index (Phi) is 10.8. The maximum atomic E-state index is 10.7. The van der Waals surface area contributed by atoms with Crippen molar-refractivity contribution in [3.05, 3.63) is 0 Å². The van der Waals surface area contributed by atoms with Crippen LogP contribution in [-0.4, -0.2) is 23.0 Å². The quantitative estimate of drug-likeness (QED) is 0.348. The molecule has 0 amide bonds. The van der Waals surface area contributed by atoms with E-state index >= 15 is 0 Å². The van der Waals surface area contributed by atoms with Crippen LogP contribution in [-0.2, 0) is 10.1 Å². The minimum Gasteiger partial charge on any atom is -0.746 e. The van der Waals surface area contributed by atoms with Gasteiger partial charge in [0.15, 0.2) is 4.93 Å². The van der Waals surface area contributed by atoms with Gasteiger partial charge in [0, 0.05) is 0 Å². The van der Waals surface area contributed by atoms with Crippen LogP contribution in [0.2, 0.25) is 0 Å². The Hall–Kier alpha value is 1.51. The van der Waals surface area contributed by atoms with Crippen LogP contribution in [0.15, 0.2) is 0 Å². The molecule has 15 heavy (non-hydrogen) atoms. The zero-order chi connectivity index (χ0) is 11.2. The molecule has 0 radical (unpaired) electrons. The van der Waals surface area contributed by atoms with Crippen LogP contribution < -0.4 is 51.4 Å². The van der Waals surface area contributed by atoms with Crippen LogP contribution in [0.3, 0.4) is 0 Å². The average Bonchev–Trinajstić information content (AvgIpc) is 2.10. The molecule has 6 heteroatoms. The number of aliphatic hydroxyl groups is 1. The first-order valence-electron chi connectivity index (χ1n) is 5.05. The first-order chi connectivity index (χ1) is 6.37. The largest absolute Gasteiger partial charge is 1.00 e. The van der Waals surface area contributed by atoms with Gasteiger partial charge in [0.2, 0.25) is 0 Å². The SMILES string of the molecule is CCCCCCC(O)(CC)S(=O)(=O)[O-].[K+]. The Morgan fingerprint density at radius 1 is 1.20 bits per heavy atom. The minimum absolute atomic E-state index is 0. The van der Waals surface area contributed by atoms with Crippen molar-refractivity contribution in [2.45, 2.75) is 57.3 Å². The first-order valence-corrected chi connectivity index (χ1v) is 6.46. The van der Waals surface area contributed by atoms with E-state index in [1.165, 1.54) is 6.92 Å². The summed E-state index contributed by atoms with van der Waals surface area (Å²) in [6, 6.07) is 0. The first kappa shape index (κ1) is 18.9. The molecular weight excluding hydrogens is 243 g/mol. The molecule has 0 fully saturated rings. The molecule has 0 saturated heterocycles. The molecular formula is C9H19KO4S. The van der Waals surface area contributed by atoms with Crippen molar-refractivity contribution < 1.29 is 69.5 Å². The summed E-state index contributed by atoms with van der Waals surface area (Å²) in [6.07, 6.45) is 3.49. The Bertz CT molecular complexity index is 253. The Morgan fingerprint density at radius 2 is 1.73 bits per heavy atom. The number of unbranched alkanes of at least 4 members (excludes halogenated alkanes) is 3. The molecule has 0 aromatic rings. The number of hydrogen-bond acceptors (Lipinski definition) is 4. The third kappa shape index (κ3) is 6.73. The topological polar surface area (TPSA) is 77.4 Å². The van der Waals surface area contributed by atoms with E-state index in [1.807, 2.05) is 6.92 Å². The molecule has 4 nitrogen and oxygen atoms in total. The predicted octanol–water partition coefficient (Wildman–Crippen LogP) is -1.40. The average molecular weight is 262 g/mol. The molecule has 0 saturated carbocycles. The van der Waals surface area contributed by atoms with Gasteiger partial charge in [-0.05, 0) is 19.3 Å². The fraction of sp³-hybridized carbons (Fsp3) is 1.00. The summed E-state index contributed by atoms with van der Waals surface area (Å²) in [5, 5.41) is 9.56. The standard InChI is InChI=1S/C9H20O4S.K/c1-3-5-6-7-8-9(10,4-2)14(11,12)13;/h10H,3-8H2,1-2H3,(H,11,12,13);/q;+1/p-1. The Balaban J connectivity index is 0. The fourth-order valence-electron chi connectivity index (χ4n) is 1.31. The van der Waals surface area contributed by atoms with Crippen molar-refractivity contribution in [2.75, 3.05) is 0 Å². The molecule has 0 bridgehead atoms. The fourth-order valence-corrected chi connectivity index (χ4v) is 2.05. The van der Waals surface area contributed by atoms with Gasteiger partial charge >= 0.3 is 51.4 Å². The summed E-state index contributed by atoms with van der Waals surface area (Å²) < 4.78 is 32.2. The molecule has 0 aromatic carbocycles. The van der Waals surface area contributed by atoms with Crippen molar-refractivity contribution in [2.24, 2.45) is 0 Å². The van der Waals surface area contributed by atoms with E-state index < -0.39 is 15.1 Å². The van der Waals surface area contributed by atoms with E-state index in [9.17, 15) is 18.1 Å². The van der Waals surface area contributed by atoms with Crippen LogP contribution in [0.1, 0.15) is 52.4 Å². The van der Waals surface area contributed by atoms with Crippen molar-refractivity contribution in [1.82, 2.24) is 0 Å². The van der Waals surface area contributed by atoms with Gasteiger partial charge in [-0.3, -0.25) is 0 Å². The van der Waals surface area contributed by atoms with Gasteiger partial charge in [0.05, 0.1) is 0 Å². The zero-order valence-electron chi connectivity index (χ0n) is 9.82. The van der Waals surface area contributed by atoms with Gasteiger partial charge in [-0.2, -0.15) is 0 Å². The van der Waals surface area contributed by atoms with Crippen LogP contribution in [0.5, 0.6) is 0 Å². The van der Waals surface area contributed by atoms with Gasteiger partial charge in [-0.25, -0.2) is 8.42 Å². The molecule has 0 rings (SSSR count). The molecule has 0 aromatic heterocycles.